The van der Waals surface area contributed by atoms with Crippen LogP contribution in [0.3, 0.4) is 0 Å². The van der Waals surface area contributed by atoms with Crippen LogP contribution in [-0.4, -0.2) is 27.1 Å². The van der Waals surface area contributed by atoms with Gasteiger partial charge in [-0.3, -0.25) is 4.79 Å². The van der Waals surface area contributed by atoms with Gasteiger partial charge in [-0.15, -0.1) is 6.58 Å². The molecule has 4 aliphatic carbocycles. The van der Waals surface area contributed by atoms with Crippen molar-refractivity contribution < 1.29 is 20.1 Å². The van der Waals surface area contributed by atoms with E-state index in [0.717, 1.165) is 25.2 Å². The average molecular weight is 433 g/mol. The van der Waals surface area contributed by atoms with Crippen molar-refractivity contribution in [1.29, 1.82) is 0 Å². The lowest BCUT2D eigenvalue weighted by Gasteiger charge is -2.64. The van der Waals surface area contributed by atoms with Gasteiger partial charge in [0.25, 0.3) is 0 Å². The zero-order valence-corrected chi connectivity index (χ0v) is 19.9. The molecule has 4 heteroatoms. The van der Waals surface area contributed by atoms with Crippen molar-refractivity contribution in [3.8, 4) is 0 Å². The highest BCUT2D eigenvalue weighted by molar-refractivity contribution is 5.66. The number of rotatable bonds is 6. The first-order chi connectivity index (χ1) is 14.5. The number of carboxylic acids is 1. The summed E-state index contributed by atoms with van der Waals surface area (Å²) in [5, 5.41) is 30.1. The maximum absolute atomic E-state index is 11.1. The molecule has 9 atom stereocenters. The summed E-state index contributed by atoms with van der Waals surface area (Å²) in [6, 6.07) is 0. The van der Waals surface area contributed by atoms with E-state index in [2.05, 4.69) is 27.4 Å². The summed E-state index contributed by atoms with van der Waals surface area (Å²) in [6.07, 6.45) is 12.3. The third-order valence-electron chi connectivity index (χ3n) is 10.9. The summed E-state index contributed by atoms with van der Waals surface area (Å²) in [7, 11) is 0. The highest BCUT2D eigenvalue weighted by Gasteiger charge is 2.63. The normalized spacial score (nSPS) is 47.0. The van der Waals surface area contributed by atoms with Gasteiger partial charge in [0.2, 0.25) is 0 Å². The zero-order chi connectivity index (χ0) is 22.6. The maximum atomic E-state index is 11.1. The highest BCUT2D eigenvalue weighted by Crippen LogP contribution is 2.70. The number of aliphatic carboxylic acids is 1. The molecule has 4 saturated carbocycles. The lowest BCUT2D eigenvalue weighted by molar-refractivity contribution is -0.243. The topological polar surface area (TPSA) is 77.8 Å². The van der Waals surface area contributed by atoms with Gasteiger partial charge in [-0.1, -0.05) is 26.8 Å². The van der Waals surface area contributed by atoms with Gasteiger partial charge >= 0.3 is 5.97 Å². The molecule has 0 saturated heterocycles. The van der Waals surface area contributed by atoms with E-state index in [1.165, 1.54) is 32.1 Å². The van der Waals surface area contributed by atoms with Crippen molar-refractivity contribution in [3.63, 3.8) is 0 Å². The molecule has 0 bridgehead atoms. The summed E-state index contributed by atoms with van der Waals surface area (Å²) in [4.78, 5) is 11.1. The number of allylic oxidation sites excluding steroid dienone is 1. The molecule has 0 heterocycles. The fourth-order valence-corrected chi connectivity index (χ4v) is 9.46. The Morgan fingerprint density at radius 1 is 1.06 bits per heavy atom. The second-order valence-corrected chi connectivity index (χ2v) is 12.3. The predicted molar refractivity (Wildman–Crippen MR) is 122 cm³/mol. The minimum Gasteiger partial charge on any atom is -0.481 e. The number of carbonyl (C=O) groups is 1. The van der Waals surface area contributed by atoms with Gasteiger partial charge in [0, 0.05) is 19.3 Å². The van der Waals surface area contributed by atoms with Crippen LogP contribution < -0.4 is 0 Å². The van der Waals surface area contributed by atoms with Crippen molar-refractivity contribution >= 4 is 5.97 Å². The number of carboxylic acid groups (broad SMARTS) is 1. The summed E-state index contributed by atoms with van der Waals surface area (Å²) in [5.74, 6) is 1.91. The fraction of sp³-hybridized carbons (Fsp3) is 0.889. The second-order valence-electron chi connectivity index (χ2n) is 12.3. The molecule has 0 spiro atoms. The standard InChI is InChI=1S/C27H44O4/c1-5-6-18-15-19-21-9-8-20(17(2)7-10-24(28)29)25(21,3)12-11-22(19)26(4)13-14-27(30,31)16-23(18)26/h5,17-23,30-31H,1,6-16H2,2-4H3,(H,28,29)/t17-,18+,19+,20-,21+,22+,23+,25-,26-/m1/s1. The van der Waals surface area contributed by atoms with E-state index in [1.54, 1.807) is 0 Å². The lowest BCUT2D eigenvalue weighted by atomic mass is 9.42. The Morgan fingerprint density at radius 3 is 2.45 bits per heavy atom. The van der Waals surface area contributed by atoms with Crippen LogP contribution in [0.25, 0.3) is 0 Å². The number of hydrogen-bond acceptors (Lipinski definition) is 3. The number of aliphatic hydroxyl groups is 2. The molecule has 0 aromatic rings. The van der Waals surface area contributed by atoms with Gasteiger partial charge in [-0.25, -0.2) is 0 Å². The minimum atomic E-state index is -1.50. The molecule has 4 aliphatic rings. The van der Waals surface area contributed by atoms with Gasteiger partial charge < -0.3 is 15.3 Å². The molecule has 0 aromatic heterocycles. The molecule has 31 heavy (non-hydrogen) atoms. The first kappa shape index (κ1) is 23.3. The Labute approximate surface area is 188 Å². The first-order valence-electron chi connectivity index (χ1n) is 12.8. The van der Waals surface area contributed by atoms with Crippen molar-refractivity contribution in [2.24, 2.45) is 52.3 Å². The molecule has 4 nitrogen and oxygen atoms in total. The van der Waals surface area contributed by atoms with Crippen LogP contribution in [-0.2, 0) is 4.79 Å². The van der Waals surface area contributed by atoms with Gasteiger partial charge in [0.1, 0.15) is 0 Å². The zero-order valence-electron chi connectivity index (χ0n) is 19.9. The average Bonchev–Trinajstić information content (AvgIpc) is 3.05. The van der Waals surface area contributed by atoms with Gasteiger partial charge in [-0.05, 0) is 104 Å². The maximum Gasteiger partial charge on any atom is 0.303 e. The van der Waals surface area contributed by atoms with Crippen molar-refractivity contribution in [2.75, 3.05) is 0 Å². The summed E-state index contributed by atoms with van der Waals surface area (Å²) in [6.45, 7) is 11.3. The van der Waals surface area contributed by atoms with E-state index in [1.807, 2.05) is 6.08 Å². The quantitative estimate of drug-likeness (QED) is 0.375. The highest BCUT2D eigenvalue weighted by atomic mass is 16.5. The van der Waals surface area contributed by atoms with Crippen molar-refractivity contribution in [1.82, 2.24) is 0 Å². The lowest BCUT2D eigenvalue weighted by Crippen LogP contribution is -2.58. The molecule has 3 N–H and O–H groups in total. The number of hydrogen-bond donors (Lipinski definition) is 3. The largest absolute Gasteiger partial charge is 0.481 e. The van der Waals surface area contributed by atoms with Crippen LogP contribution in [0.1, 0.15) is 91.4 Å². The van der Waals surface area contributed by atoms with Crippen molar-refractivity contribution in [3.05, 3.63) is 12.7 Å². The molecule has 0 radical (unpaired) electrons. The summed E-state index contributed by atoms with van der Waals surface area (Å²) < 4.78 is 0. The number of fused-ring (bicyclic) bond motifs is 5. The molecule has 176 valence electrons. The van der Waals surface area contributed by atoms with Crippen LogP contribution in [0.15, 0.2) is 12.7 Å². The van der Waals surface area contributed by atoms with Gasteiger partial charge in [0.15, 0.2) is 5.79 Å². The van der Waals surface area contributed by atoms with Gasteiger partial charge in [-0.2, -0.15) is 0 Å². The SMILES string of the molecule is C=CC[C@H]1C[C@@H]2[C@H](CC[C@]3(C)[C@@H]([C@H](C)CCC(=O)O)CC[C@@H]23)[C@@]2(C)CCC(O)(O)C[C@@H]12. The predicted octanol–water partition coefficient (Wildman–Crippen LogP) is 5.63. The molecule has 0 unspecified atom stereocenters. The molecule has 0 aliphatic heterocycles. The third kappa shape index (κ3) is 3.90. The van der Waals surface area contributed by atoms with Crippen LogP contribution >= 0.6 is 0 Å². The van der Waals surface area contributed by atoms with Crippen LogP contribution in [0, 0.1) is 52.3 Å². The van der Waals surface area contributed by atoms with E-state index < -0.39 is 11.8 Å². The third-order valence-corrected chi connectivity index (χ3v) is 10.9. The minimum absolute atomic E-state index is 0.194. The second kappa shape index (κ2) is 8.17. The van der Waals surface area contributed by atoms with Crippen LogP contribution in [0.2, 0.25) is 0 Å². The van der Waals surface area contributed by atoms with E-state index in [0.29, 0.717) is 53.8 Å². The first-order valence-corrected chi connectivity index (χ1v) is 12.8. The summed E-state index contributed by atoms with van der Waals surface area (Å²) >= 11 is 0. The summed E-state index contributed by atoms with van der Waals surface area (Å²) in [5.41, 5.74) is 0.521. The molecular weight excluding hydrogens is 388 g/mol. The van der Waals surface area contributed by atoms with Crippen LogP contribution in [0.5, 0.6) is 0 Å². The molecule has 0 aromatic carbocycles. The van der Waals surface area contributed by atoms with Gasteiger partial charge in [0.05, 0.1) is 0 Å². The molecule has 4 rings (SSSR count). The smallest absolute Gasteiger partial charge is 0.303 e. The Morgan fingerprint density at radius 2 is 1.77 bits per heavy atom. The Hall–Kier alpha value is -0.870. The van der Waals surface area contributed by atoms with E-state index in [-0.39, 0.29) is 11.8 Å². The Kier molecular flexibility index (Phi) is 6.14. The molecule has 4 fully saturated rings. The van der Waals surface area contributed by atoms with Crippen molar-refractivity contribution in [2.45, 2.75) is 97.2 Å². The van der Waals surface area contributed by atoms with E-state index in [9.17, 15) is 15.0 Å². The fourth-order valence-electron chi connectivity index (χ4n) is 9.46. The monoisotopic (exact) mass is 432 g/mol. The molecular formula is C27H44O4. The van der Waals surface area contributed by atoms with E-state index in [4.69, 9.17) is 5.11 Å². The molecule has 0 amide bonds. The Bertz CT molecular complexity index is 701. The van der Waals surface area contributed by atoms with Crippen LogP contribution in [0.4, 0.5) is 0 Å². The van der Waals surface area contributed by atoms with E-state index >= 15 is 0 Å². The Balaban J connectivity index is 1.59.